The fourth-order valence-electron chi connectivity index (χ4n) is 2.54. The molecule has 134 valence electrons. The fraction of sp³-hybridized carbons (Fsp3) is 0.105. The van der Waals surface area contributed by atoms with E-state index >= 15 is 0 Å². The summed E-state index contributed by atoms with van der Waals surface area (Å²) >= 11 is 0. The topological polar surface area (TPSA) is 102 Å². The molecule has 1 aromatic heterocycles. The molecule has 0 atom stereocenters. The van der Waals surface area contributed by atoms with E-state index in [4.69, 9.17) is 9.56 Å². The number of furan rings is 1. The Morgan fingerprint density at radius 2 is 1.88 bits per heavy atom. The number of carbonyl (C=O) groups excluding carboxylic acids is 1. The summed E-state index contributed by atoms with van der Waals surface area (Å²) in [6.45, 7) is 3.55. The van der Waals surface area contributed by atoms with Crippen molar-refractivity contribution in [2.45, 2.75) is 18.7 Å². The van der Waals surface area contributed by atoms with Crippen LogP contribution in [-0.4, -0.2) is 14.3 Å². The number of rotatable bonds is 4. The molecule has 2 aromatic carbocycles. The molecule has 0 aliphatic rings. The number of aryl methyl sites for hydroxylation is 1. The van der Waals surface area contributed by atoms with Crippen molar-refractivity contribution >= 4 is 38.7 Å². The van der Waals surface area contributed by atoms with Gasteiger partial charge in [-0.25, -0.2) is 13.6 Å². The first-order valence-corrected chi connectivity index (χ1v) is 9.40. The third-order valence-corrected chi connectivity index (χ3v) is 4.96. The summed E-state index contributed by atoms with van der Waals surface area (Å²) in [5.74, 6) is 0.145. The molecular weight excluding hydrogens is 352 g/mol. The van der Waals surface area contributed by atoms with Crippen LogP contribution in [0.4, 0.5) is 5.69 Å². The van der Waals surface area contributed by atoms with Crippen molar-refractivity contribution in [1.82, 2.24) is 0 Å². The van der Waals surface area contributed by atoms with Crippen molar-refractivity contribution in [1.29, 1.82) is 0 Å². The number of amides is 1. The molecular formula is C19H18N2O4S. The molecule has 3 rings (SSSR count). The molecule has 0 aliphatic carbocycles. The van der Waals surface area contributed by atoms with E-state index in [2.05, 4.69) is 5.32 Å². The summed E-state index contributed by atoms with van der Waals surface area (Å²) in [5, 5.41) is 8.80. The second-order valence-corrected chi connectivity index (χ2v) is 7.53. The van der Waals surface area contributed by atoms with Crippen LogP contribution in [0.1, 0.15) is 16.9 Å². The van der Waals surface area contributed by atoms with Crippen molar-refractivity contribution in [3.63, 3.8) is 0 Å². The van der Waals surface area contributed by atoms with Gasteiger partial charge in [-0.1, -0.05) is 18.2 Å². The number of benzene rings is 2. The first-order chi connectivity index (χ1) is 12.2. The van der Waals surface area contributed by atoms with Gasteiger partial charge in [0.25, 0.3) is 0 Å². The third-order valence-electron chi connectivity index (χ3n) is 4.07. The summed E-state index contributed by atoms with van der Waals surface area (Å²) in [6, 6.07) is 12.2. The van der Waals surface area contributed by atoms with Gasteiger partial charge in [-0.2, -0.15) is 0 Å². The summed E-state index contributed by atoms with van der Waals surface area (Å²) < 4.78 is 28.8. The maximum absolute atomic E-state index is 12.2. The highest BCUT2D eigenvalue weighted by Gasteiger charge is 2.13. The quantitative estimate of drug-likeness (QED) is 0.688. The van der Waals surface area contributed by atoms with E-state index in [0.29, 0.717) is 17.0 Å². The summed E-state index contributed by atoms with van der Waals surface area (Å²) in [5.41, 5.74) is 2.61. The minimum atomic E-state index is -3.85. The number of fused-ring (bicyclic) bond motifs is 1. The van der Waals surface area contributed by atoms with Crippen LogP contribution in [-0.2, 0) is 14.8 Å². The summed E-state index contributed by atoms with van der Waals surface area (Å²) in [6.07, 6.45) is 2.89. The lowest BCUT2D eigenvalue weighted by Crippen LogP contribution is -2.15. The first kappa shape index (κ1) is 17.9. The zero-order valence-electron chi connectivity index (χ0n) is 14.3. The average molecular weight is 370 g/mol. The Bertz CT molecular complexity index is 1090. The normalized spacial score (nSPS) is 12.0. The van der Waals surface area contributed by atoms with Gasteiger partial charge in [0.1, 0.15) is 11.3 Å². The standard InChI is InChI=1S/C19H18N2O4S/c1-12-9-16(26(20,23)24)11-17(13(12)2)21-19(22)8-7-15-10-14-5-3-4-6-18(14)25-15/h3-11H,1-2H3,(H,21,22)(H2,20,23,24)/b8-7+. The molecule has 0 saturated carbocycles. The van der Waals surface area contributed by atoms with Crippen LogP contribution >= 0.6 is 0 Å². The van der Waals surface area contributed by atoms with E-state index in [-0.39, 0.29) is 4.90 Å². The second kappa shape index (κ2) is 6.78. The maximum Gasteiger partial charge on any atom is 0.248 e. The van der Waals surface area contributed by atoms with E-state index < -0.39 is 15.9 Å². The van der Waals surface area contributed by atoms with Crippen molar-refractivity contribution in [2.24, 2.45) is 5.14 Å². The van der Waals surface area contributed by atoms with Crippen molar-refractivity contribution in [2.75, 3.05) is 5.32 Å². The molecule has 0 fully saturated rings. The minimum absolute atomic E-state index is 0.0443. The number of carbonyl (C=O) groups is 1. The molecule has 1 heterocycles. The van der Waals surface area contributed by atoms with E-state index in [9.17, 15) is 13.2 Å². The molecule has 0 bridgehead atoms. The van der Waals surface area contributed by atoms with Gasteiger partial charge in [0.2, 0.25) is 15.9 Å². The first-order valence-electron chi connectivity index (χ1n) is 7.86. The molecule has 3 aromatic rings. The summed E-state index contributed by atoms with van der Waals surface area (Å²) in [4.78, 5) is 12.2. The van der Waals surface area contributed by atoms with Crippen molar-refractivity contribution in [3.8, 4) is 0 Å². The van der Waals surface area contributed by atoms with Crippen LogP contribution in [0, 0.1) is 13.8 Å². The second-order valence-electron chi connectivity index (χ2n) is 5.97. The Morgan fingerprint density at radius 3 is 2.58 bits per heavy atom. The minimum Gasteiger partial charge on any atom is -0.457 e. The number of sulfonamides is 1. The molecule has 3 N–H and O–H groups in total. The third kappa shape index (κ3) is 3.84. The summed E-state index contributed by atoms with van der Waals surface area (Å²) in [7, 11) is -3.85. The van der Waals surface area contributed by atoms with E-state index in [0.717, 1.165) is 16.5 Å². The predicted molar refractivity (Wildman–Crippen MR) is 101 cm³/mol. The molecule has 0 aliphatic heterocycles. The van der Waals surface area contributed by atoms with Crippen LogP contribution in [0.3, 0.4) is 0 Å². The maximum atomic E-state index is 12.2. The van der Waals surface area contributed by atoms with Crippen LogP contribution < -0.4 is 10.5 Å². The molecule has 0 spiro atoms. The lowest BCUT2D eigenvalue weighted by Gasteiger charge is -2.11. The zero-order valence-corrected chi connectivity index (χ0v) is 15.1. The van der Waals surface area contributed by atoms with Crippen LogP contribution in [0.15, 0.2) is 57.9 Å². The monoisotopic (exact) mass is 370 g/mol. The van der Waals surface area contributed by atoms with Crippen LogP contribution in [0.2, 0.25) is 0 Å². The van der Waals surface area contributed by atoms with Gasteiger partial charge < -0.3 is 9.73 Å². The van der Waals surface area contributed by atoms with Gasteiger partial charge in [0, 0.05) is 17.1 Å². The fourth-order valence-corrected chi connectivity index (χ4v) is 3.16. The van der Waals surface area contributed by atoms with Crippen LogP contribution in [0.25, 0.3) is 17.0 Å². The molecule has 1 amide bonds. The SMILES string of the molecule is Cc1cc(S(N)(=O)=O)cc(NC(=O)/C=C/c2cc3ccccc3o2)c1C. The Balaban J connectivity index is 1.82. The number of para-hydroxylation sites is 1. The lowest BCUT2D eigenvalue weighted by molar-refractivity contribution is -0.111. The molecule has 7 heteroatoms. The smallest absolute Gasteiger partial charge is 0.248 e. The van der Waals surface area contributed by atoms with Crippen molar-refractivity contribution in [3.05, 3.63) is 65.4 Å². The van der Waals surface area contributed by atoms with Gasteiger partial charge in [-0.15, -0.1) is 0 Å². The van der Waals surface area contributed by atoms with Gasteiger partial charge in [0.05, 0.1) is 4.90 Å². The average Bonchev–Trinajstić information content (AvgIpc) is 2.99. The van der Waals surface area contributed by atoms with Gasteiger partial charge in [-0.05, 0) is 55.3 Å². The lowest BCUT2D eigenvalue weighted by atomic mass is 10.1. The largest absolute Gasteiger partial charge is 0.457 e. The molecule has 0 radical (unpaired) electrons. The highest BCUT2D eigenvalue weighted by atomic mass is 32.2. The van der Waals surface area contributed by atoms with E-state index in [1.54, 1.807) is 19.9 Å². The van der Waals surface area contributed by atoms with Crippen LogP contribution in [0.5, 0.6) is 0 Å². The number of primary sulfonamides is 1. The van der Waals surface area contributed by atoms with Gasteiger partial charge >= 0.3 is 0 Å². The zero-order chi connectivity index (χ0) is 18.9. The Morgan fingerprint density at radius 1 is 1.15 bits per heavy atom. The Hall–Kier alpha value is -2.90. The Labute approximate surface area is 151 Å². The highest BCUT2D eigenvalue weighted by Crippen LogP contribution is 2.24. The van der Waals surface area contributed by atoms with Crippen molar-refractivity contribution < 1.29 is 17.6 Å². The number of nitrogens with one attached hydrogen (secondary N) is 1. The number of hydrogen-bond donors (Lipinski definition) is 2. The Kier molecular flexibility index (Phi) is 4.67. The molecule has 6 nitrogen and oxygen atoms in total. The highest BCUT2D eigenvalue weighted by molar-refractivity contribution is 7.89. The van der Waals surface area contributed by atoms with E-state index in [1.165, 1.54) is 18.2 Å². The molecule has 0 unspecified atom stereocenters. The number of anilines is 1. The molecule has 26 heavy (non-hydrogen) atoms. The predicted octanol–water partition coefficient (Wildman–Crippen LogP) is 3.35. The van der Waals surface area contributed by atoms with Gasteiger partial charge in [0.15, 0.2) is 0 Å². The molecule has 0 saturated heterocycles. The number of nitrogens with two attached hydrogens (primary N) is 1. The van der Waals surface area contributed by atoms with Gasteiger partial charge in [-0.3, -0.25) is 4.79 Å². The van der Waals surface area contributed by atoms with E-state index in [1.807, 2.05) is 30.3 Å². The number of hydrogen-bond acceptors (Lipinski definition) is 4.